The van der Waals surface area contributed by atoms with Crippen LogP contribution in [0.4, 0.5) is 0 Å². The molecule has 5 aromatic carbocycles. The lowest BCUT2D eigenvalue weighted by Crippen LogP contribution is -2.63. The van der Waals surface area contributed by atoms with Crippen molar-refractivity contribution < 1.29 is 93.6 Å². The molecular weight excluding hydrogens is 1220 g/mol. The van der Waals surface area contributed by atoms with Gasteiger partial charge in [0.1, 0.15) is 77.4 Å². The number of aliphatic hydroxyl groups excluding tert-OH is 2. The lowest BCUT2D eigenvalue weighted by atomic mass is 9.99. The molecule has 0 aliphatic rings. The normalized spacial score (nSPS) is 14.6. The number of carboxylic acids is 2. The number of hydrogen-bond donors (Lipinski definition) is 18. The summed E-state index contributed by atoms with van der Waals surface area (Å²) in [4.78, 5) is 152. The molecule has 5 aromatic rings. The Morgan fingerprint density at radius 3 is 0.957 bits per heavy atom. The number of rotatable bonds is 35. The molecule has 0 saturated carbocycles. The van der Waals surface area contributed by atoms with E-state index in [0.717, 1.165) is 13.8 Å². The van der Waals surface area contributed by atoms with Crippen molar-refractivity contribution in [3.05, 3.63) is 155 Å². The monoisotopic (exact) mass is 1300 g/mol. The van der Waals surface area contributed by atoms with E-state index in [1.807, 2.05) is 0 Å². The Balaban J connectivity index is 1.41. The van der Waals surface area contributed by atoms with Gasteiger partial charge in [-0.1, -0.05) is 92.7 Å². The minimum absolute atomic E-state index is 0.0409. The average molecular weight is 1310 g/mol. The maximum absolute atomic E-state index is 14.7. The van der Waals surface area contributed by atoms with E-state index in [-0.39, 0.29) is 66.6 Å². The topological polar surface area (TPSA) is 484 Å². The van der Waals surface area contributed by atoms with Gasteiger partial charge >= 0.3 is 11.9 Å². The highest BCUT2D eigenvalue weighted by molar-refractivity contribution is 5.99. The van der Waals surface area contributed by atoms with Gasteiger partial charge in [0.05, 0.1) is 25.2 Å². The van der Waals surface area contributed by atoms with Crippen LogP contribution in [0.1, 0.15) is 68.4 Å². The second-order valence-electron chi connectivity index (χ2n) is 22.9. The van der Waals surface area contributed by atoms with E-state index in [2.05, 4.69) is 47.9 Å². The summed E-state index contributed by atoms with van der Waals surface area (Å²) in [6.45, 7) is 5.15. The van der Waals surface area contributed by atoms with E-state index in [4.69, 9.17) is 5.73 Å². The first-order chi connectivity index (χ1) is 44.5. The van der Waals surface area contributed by atoms with Crippen LogP contribution in [0, 0.1) is 5.92 Å². The summed E-state index contributed by atoms with van der Waals surface area (Å²) in [5, 5.41) is 104. The Morgan fingerprint density at radius 1 is 0.351 bits per heavy atom. The van der Waals surface area contributed by atoms with E-state index in [9.17, 15) is 93.6 Å². The van der Waals surface area contributed by atoms with Gasteiger partial charge in [0.15, 0.2) is 0 Å². The molecule has 29 nitrogen and oxygen atoms in total. The van der Waals surface area contributed by atoms with E-state index in [1.165, 1.54) is 97.1 Å². The molecule has 29 heteroatoms. The van der Waals surface area contributed by atoms with Crippen molar-refractivity contribution in [2.45, 2.75) is 139 Å². The molecule has 0 aromatic heterocycles. The second-order valence-corrected chi connectivity index (χ2v) is 22.9. The molecule has 9 amide bonds. The van der Waals surface area contributed by atoms with E-state index >= 15 is 0 Å². The molecule has 11 atom stereocenters. The number of benzene rings is 5. The van der Waals surface area contributed by atoms with Gasteiger partial charge in [0, 0.05) is 32.1 Å². The Morgan fingerprint density at radius 2 is 0.628 bits per heavy atom. The Bertz CT molecular complexity index is 3410. The molecule has 504 valence electrons. The summed E-state index contributed by atoms with van der Waals surface area (Å²) in [6.07, 6.45) is -6.17. The number of aliphatic hydroxyl groups is 2. The second kappa shape index (κ2) is 35.8. The minimum Gasteiger partial charge on any atom is -0.508 e. The first-order valence-electron chi connectivity index (χ1n) is 29.9. The quantitative estimate of drug-likeness (QED) is 0.0224. The molecule has 19 N–H and O–H groups in total. The summed E-state index contributed by atoms with van der Waals surface area (Å²) < 4.78 is 0. The highest BCUT2D eigenvalue weighted by atomic mass is 16.4. The molecule has 94 heavy (non-hydrogen) atoms. The summed E-state index contributed by atoms with van der Waals surface area (Å²) in [5.74, 6) is -13.6. The van der Waals surface area contributed by atoms with Gasteiger partial charge < -0.3 is 94.4 Å². The molecule has 0 radical (unpaired) electrons. The number of aliphatic carboxylic acids is 2. The number of amides is 9. The lowest BCUT2D eigenvalue weighted by Gasteiger charge is -2.29. The number of carbonyl (C=O) groups is 11. The SMILES string of the molecule is CC(C)C[C@H](NC(=O)[C@H](Cc1ccc(O)cc1)NC(=O)[C@H](Cc1ccc(O)cc1)NC(=O)[C@H](CC(=O)O)NC(=O)[C@@H](NC(=O)[C@H](Cc1ccccc1)NC(=O)[C@@H](NC(=O)[C@H](Cc1ccc(O)cc1)NC(=O)CN)[C@@H](C)O)[C@@H](C)O)C(=O)N[C@@H](Cc1ccc(O)cc1)C(=O)O. The zero-order valence-corrected chi connectivity index (χ0v) is 51.9. The number of carboxylic acid groups (broad SMARTS) is 2. The summed E-state index contributed by atoms with van der Waals surface area (Å²) >= 11 is 0. The van der Waals surface area contributed by atoms with E-state index in [1.54, 1.807) is 44.2 Å². The van der Waals surface area contributed by atoms with Gasteiger partial charge in [-0.15, -0.1) is 0 Å². The van der Waals surface area contributed by atoms with Crippen LogP contribution in [-0.2, 0) is 84.8 Å². The van der Waals surface area contributed by atoms with Crippen molar-refractivity contribution in [1.82, 2.24) is 47.9 Å². The molecule has 0 fully saturated rings. The summed E-state index contributed by atoms with van der Waals surface area (Å²) in [5.41, 5.74) is 7.48. The molecule has 0 bridgehead atoms. The van der Waals surface area contributed by atoms with Crippen LogP contribution in [0.5, 0.6) is 23.0 Å². The van der Waals surface area contributed by atoms with Crippen LogP contribution < -0.4 is 53.6 Å². The maximum Gasteiger partial charge on any atom is 0.326 e. The zero-order valence-electron chi connectivity index (χ0n) is 51.9. The Kier molecular flexibility index (Phi) is 28.2. The molecule has 0 unspecified atom stereocenters. The largest absolute Gasteiger partial charge is 0.508 e. The molecule has 0 aliphatic carbocycles. The Hall–Kier alpha value is -10.7. The van der Waals surface area contributed by atoms with E-state index in [0.29, 0.717) is 22.3 Å². The lowest BCUT2D eigenvalue weighted by molar-refractivity contribution is -0.143. The summed E-state index contributed by atoms with van der Waals surface area (Å²) in [6, 6.07) is 14.7. The number of aromatic hydroxyl groups is 4. The van der Waals surface area contributed by atoms with Crippen LogP contribution in [0.3, 0.4) is 0 Å². The van der Waals surface area contributed by atoms with Crippen molar-refractivity contribution in [2.75, 3.05) is 6.54 Å². The maximum atomic E-state index is 14.7. The van der Waals surface area contributed by atoms with Crippen LogP contribution in [0.25, 0.3) is 0 Å². The van der Waals surface area contributed by atoms with Gasteiger partial charge in [-0.2, -0.15) is 0 Å². The molecule has 0 spiro atoms. The number of phenolic OH excluding ortho intramolecular Hbond substituents is 4. The van der Waals surface area contributed by atoms with Crippen molar-refractivity contribution in [2.24, 2.45) is 11.7 Å². The van der Waals surface area contributed by atoms with Crippen LogP contribution in [0.2, 0.25) is 0 Å². The zero-order chi connectivity index (χ0) is 69.3. The average Bonchev–Trinajstić information content (AvgIpc) is 0.936. The third-order valence-electron chi connectivity index (χ3n) is 14.6. The summed E-state index contributed by atoms with van der Waals surface area (Å²) in [7, 11) is 0. The molecule has 0 aliphatic heterocycles. The first-order valence-corrected chi connectivity index (χ1v) is 29.9. The van der Waals surface area contributed by atoms with Gasteiger partial charge in [-0.05, 0) is 103 Å². The predicted octanol–water partition coefficient (Wildman–Crippen LogP) is -1.29. The third kappa shape index (κ3) is 24.2. The standard InChI is InChI=1S/C65H80N10O19/c1-34(2)26-46(57(85)73-52(65(93)94)31-41-16-24-45(81)25-17-41)68-58(86)48(29-39-12-20-43(79)21-13-39)69-59(87)49(30-40-14-22-44(80)23-15-40)70-60(88)51(32-54(83)84)72-64(92)56(36(4)77)75-62(90)50(27-37-8-6-5-7-9-37)71-63(91)55(35(3)76)74-61(89)47(67-53(82)33-66)28-38-10-18-42(78)19-11-38/h5-25,34-36,46-52,55-56,76-81H,26-33,66H2,1-4H3,(H,67,82)(H,68,86)(H,69,87)(H,70,88)(H,71,91)(H,72,92)(H,73,85)(H,74,89)(H,75,90)(H,83,84)(H,93,94)/t35-,36-,46+,47+,48+,49+,50+,51+,52+,55+,56+/m1/s1. The number of phenols is 4. The Labute approximate surface area is 540 Å². The minimum atomic E-state index is -2.10. The third-order valence-corrected chi connectivity index (χ3v) is 14.6. The van der Waals surface area contributed by atoms with Gasteiger partial charge in [0.25, 0.3) is 0 Å². The van der Waals surface area contributed by atoms with Crippen LogP contribution >= 0.6 is 0 Å². The smallest absolute Gasteiger partial charge is 0.326 e. The highest BCUT2D eigenvalue weighted by Crippen LogP contribution is 2.18. The van der Waals surface area contributed by atoms with Crippen molar-refractivity contribution in [1.29, 1.82) is 0 Å². The fourth-order valence-corrected chi connectivity index (χ4v) is 9.63. The highest BCUT2D eigenvalue weighted by Gasteiger charge is 2.38. The number of carbonyl (C=O) groups excluding carboxylic acids is 9. The number of nitrogens with one attached hydrogen (secondary N) is 9. The molecule has 5 rings (SSSR count). The van der Waals surface area contributed by atoms with Crippen molar-refractivity contribution in [3.8, 4) is 23.0 Å². The van der Waals surface area contributed by atoms with E-state index < -0.39 is 151 Å². The fraction of sp³-hybridized carbons (Fsp3) is 0.369. The van der Waals surface area contributed by atoms with Gasteiger partial charge in [-0.3, -0.25) is 47.9 Å². The van der Waals surface area contributed by atoms with Crippen LogP contribution in [0.15, 0.2) is 127 Å². The fourth-order valence-electron chi connectivity index (χ4n) is 9.63. The predicted molar refractivity (Wildman–Crippen MR) is 337 cm³/mol. The van der Waals surface area contributed by atoms with Gasteiger partial charge in [0.2, 0.25) is 53.2 Å². The van der Waals surface area contributed by atoms with Crippen LogP contribution in [-0.4, -0.2) is 179 Å². The van der Waals surface area contributed by atoms with Crippen molar-refractivity contribution >= 4 is 65.1 Å². The molecule has 0 heterocycles. The number of hydrogen-bond acceptors (Lipinski definition) is 18. The molecule has 0 saturated heterocycles. The molecular formula is C65H80N10O19. The first kappa shape index (κ1) is 74.1. The number of nitrogens with two attached hydrogens (primary N) is 1. The van der Waals surface area contributed by atoms with Gasteiger partial charge in [-0.25, -0.2) is 4.79 Å². The van der Waals surface area contributed by atoms with Crippen molar-refractivity contribution in [3.63, 3.8) is 0 Å².